The van der Waals surface area contributed by atoms with Crippen molar-refractivity contribution in [3.63, 3.8) is 0 Å². The van der Waals surface area contributed by atoms with Gasteiger partial charge in [-0.25, -0.2) is 9.56 Å². The Labute approximate surface area is 260 Å². The summed E-state index contributed by atoms with van der Waals surface area (Å²) in [5.74, 6) is 0.217. The lowest BCUT2D eigenvalue weighted by Gasteiger charge is -2.33. The molecule has 0 saturated heterocycles. The molecule has 0 amide bonds. The fourth-order valence-electron chi connectivity index (χ4n) is 4.98. The van der Waals surface area contributed by atoms with Gasteiger partial charge in [0.05, 0.1) is 30.0 Å². The van der Waals surface area contributed by atoms with Crippen LogP contribution in [0, 0.1) is 13.8 Å². The van der Waals surface area contributed by atoms with Crippen molar-refractivity contribution in [3.05, 3.63) is 64.2 Å². The predicted molar refractivity (Wildman–Crippen MR) is 167 cm³/mol. The second-order valence-electron chi connectivity index (χ2n) is 13.5. The monoisotopic (exact) mass is 641 g/mol. The highest BCUT2D eigenvalue weighted by atomic mass is 31.2. The van der Waals surface area contributed by atoms with E-state index in [2.05, 4.69) is 23.2 Å². The van der Waals surface area contributed by atoms with Crippen LogP contribution >= 0.6 is 7.82 Å². The maximum absolute atomic E-state index is 14.1. The number of rotatable bonds is 13. The average Bonchev–Trinajstić information content (AvgIpc) is 3.22. The van der Waals surface area contributed by atoms with Crippen LogP contribution in [0.25, 0.3) is 0 Å². The van der Waals surface area contributed by atoms with Crippen LogP contribution in [-0.2, 0) is 41.9 Å². The van der Waals surface area contributed by atoms with E-state index in [1.165, 1.54) is 6.07 Å². The third kappa shape index (κ3) is 11.5. The van der Waals surface area contributed by atoms with Gasteiger partial charge in [0.2, 0.25) is 0 Å². The molecule has 0 radical (unpaired) electrons. The van der Waals surface area contributed by atoms with Crippen molar-refractivity contribution in [1.82, 2.24) is 0 Å². The minimum atomic E-state index is -4.59. The summed E-state index contributed by atoms with van der Waals surface area (Å²) < 4.78 is 84.4. The van der Waals surface area contributed by atoms with E-state index in [-0.39, 0.29) is 38.4 Å². The maximum atomic E-state index is 14.1. The van der Waals surface area contributed by atoms with Crippen molar-refractivity contribution >= 4 is 13.7 Å². The zero-order valence-electron chi connectivity index (χ0n) is 27.4. The van der Waals surface area contributed by atoms with Crippen LogP contribution in [0.5, 0.6) is 5.75 Å². The van der Waals surface area contributed by atoms with E-state index in [4.69, 9.17) is 23.0 Å². The van der Waals surface area contributed by atoms with E-state index in [0.717, 1.165) is 22.8 Å². The molecule has 246 valence electrons. The molecule has 1 unspecified atom stereocenters. The molecule has 1 atom stereocenters. The summed E-state index contributed by atoms with van der Waals surface area (Å²) in [5, 5.41) is 0. The lowest BCUT2D eigenvalue weighted by atomic mass is 9.93. The number of phosphoric ester groups is 1. The highest BCUT2D eigenvalue weighted by Crippen LogP contribution is 2.56. The van der Waals surface area contributed by atoms with E-state index in [1.807, 2.05) is 13.8 Å². The number of alkyl halides is 3. The summed E-state index contributed by atoms with van der Waals surface area (Å²) in [6.07, 6.45) is -2.77. The molecule has 0 N–H and O–H groups in total. The van der Waals surface area contributed by atoms with Crippen molar-refractivity contribution in [2.45, 2.75) is 111 Å². The quantitative estimate of drug-likeness (QED) is 0.160. The summed E-state index contributed by atoms with van der Waals surface area (Å²) in [6, 6.07) is 10.4. The number of phosphoric acid groups is 1. The minimum Gasteiger partial charge on any atom is -0.493 e. The molecule has 2 aromatic carbocycles. The average molecular weight is 642 g/mol. The van der Waals surface area contributed by atoms with Crippen LogP contribution in [0.3, 0.4) is 0 Å². The Hall–Kier alpha value is -2.39. The molecule has 2 aromatic rings. The van der Waals surface area contributed by atoms with Crippen molar-refractivity contribution in [3.8, 4) is 5.75 Å². The zero-order valence-corrected chi connectivity index (χ0v) is 28.3. The first-order chi connectivity index (χ1) is 20.2. The zero-order chi connectivity index (χ0) is 33.0. The van der Waals surface area contributed by atoms with Gasteiger partial charge in [-0.1, -0.05) is 35.4 Å². The molecule has 0 saturated carbocycles. The van der Waals surface area contributed by atoms with E-state index in [0.29, 0.717) is 24.3 Å². The number of hydrogen-bond donors (Lipinski definition) is 0. The molecule has 1 aliphatic rings. The Kier molecular flexibility index (Phi) is 11.4. The van der Waals surface area contributed by atoms with Crippen molar-refractivity contribution in [2.75, 3.05) is 19.8 Å². The number of ether oxygens (including phenoxy) is 2. The molecular formula is C33H47F3NO6P. The smallest absolute Gasteiger partial charge is 0.475 e. The number of aliphatic imine (C=N–C) groups is 1. The first-order valence-corrected chi connectivity index (χ1v) is 16.4. The molecule has 7 nitrogen and oxygen atoms in total. The standard InChI is InChI=1S/C33H47F3NO6P/c1-23-17-24(2)19-27(18-23)11-10-16-39-29-13-12-26(20-28(29)33(34,35)36)14-15-32(21-40-25(3)37-32)22-41-44(38,42-30(4,5)6)43-31(7,8)9/h12-13,17-20H,10-11,14-16,21-22H2,1-9H3. The second kappa shape index (κ2) is 13.9. The Balaban J connectivity index is 1.71. The van der Waals surface area contributed by atoms with Gasteiger partial charge in [-0.05, 0) is 104 Å². The van der Waals surface area contributed by atoms with Crippen molar-refractivity contribution < 1.29 is 40.8 Å². The molecule has 11 heteroatoms. The molecule has 0 fully saturated rings. The van der Waals surface area contributed by atoms with Gasteiger partial charge in [0.15, 0.2) is 5.90 Å². The normalized spacial score (nSPS) is 17.9. The Morgan fingerprint density at radius 1 is 0.886 bits per heavy atom. The molecule has 1 heterocycles. The molecule has 1 aliphatic heterocycles. The van der Waals surface area contributed by atoms with E-state index in [1.54, 1.807) is 54.5 Å². The minimum absolute atomic E-state index is 0.123. The fraction of sp³-hybridized carbons (Fsp3) is 0.606. The van der Waals surface area contributed by atoms with Gasteiger partial charge in [-0.15, -0.1) is 0 Å². The van der Waals surface area contributed by atoms with Gasteiger partial charge in [-0.2, -0.15) is 13.2 Å². The summed E-state index contributed by atoms with van der Waals surface area (Å²) in [6.45, 7) is 16.3. The number of benzene rings is 2. The van der Waals surface area contributed by atoms with Crippen molar-refractivity contribution in [2.24, 2.45) is 4.99 Å². The summed E-state index contributed by atoms with van der Waals surface area (Å²) in [5.41, 5.74) is 0.446. The van der Waals surface area contributed by atoms with E-state index < -0.39 is 36.3 Å². The third-order valence-corrected chi connectivity index (χ3v) is 8.57. The maximum Gasteiger partial charge on any atom is 0.475 e. The topological polar surface area (TPSA) is 75.6 Å². The van der Waals surface area contributed by atoms with Crippen LogP contribution in [-0.4, -0.2) is 42.5 Å². The molecule has 0 aliphatic carbocycles. The molecule has 3 rings (SSSR count). The Morgan fingerprint density at radius 3 is 2.02 bits per heavy atom. The summed E-state index contributed by atoms with van der Waals surface area (Å²) >= 11 is 0. The van der Waals surface area contributed by atoms with Crippen LogP contribution in [0.4, 0.5) is 13.2 Å². The summed E-state index contributed by atoms with van der Waals surface area (Å²) in [4.78, 5) is 4.60. The lowest BCUT2D eigenvalue weighted by molar-refractivity contribution is -0.139. The highest BCUT2D eigenvalue weighted by molar-refractivity contribution is 7.48. The number of halogens is 3. The van der Waals surface area contributed by atoms with Gasteiger partial charge in [0, 0.05) is 6.92 Å². The first kappa shape index (κ1) is 36.1. The number of nitrogens with zero attached hydrogens (tertiary/aromatic N) is 1. The molecular weight excluding hydrogens is 594 g/mol. The van der Waals surface area contributed by atoms with Gasteiger partial charge < -0.3 is 9.47 Å². The number of aryl methyl sites for hydroxylation is 4. The molecule has 44 heavy (non-hydrogen) atoms. The van der Waals surface area contributed by atoms with E-state index in [9.17, 15) is 17.7 Å². The van der Waals surface area contributed by atoms with Crippen molar-refractivity contribution in [1.29, 1.82) is 0 Å². The van der Waals surface area contributed by atoms with Crippen LogP contribution in [0.1, 0.15) is 89.1 Å². The van der Waals surface area contributed by atoms with E-state index >= 15 is 0 Å². The van der Waals surface area contributed by atoms with Gasteiger partial charge in [0.25, 0.3) is 0 Å². The van der Waals surface area contributed by atoms with Crippen LogP contribution in [0.2, 0.25) is 0 Å². The molecule has 0 aromatic heterocycles. The molecule has 0 bridgehead atoms. The molecule has 0 spiro atoms. The van der Waals surface area contributed by atoms with Crippen LogP contribution < -0.4 is 4.74 Å². The SMILES string of the molecule is CC1=NC(CCc2ccc(OCCCc3cc(C)cc(C)c3)c(C(F)(F)F)c2)(COP(=O)(OC(C)(C)C)OC(C)(C)C)CO1. The second-order valence-corrected chi connectivity index (χ2v) is 15.1. The Bertz CT molecular complexity index is 1320. The van der Waals surface area contributed by atoms with Gasteiger partial charge in [0.1, 0.15) is 17.9 Å². The lowest BCUT2D eigenvalue weighted by Crippen LogP contribution is -2.36. The Morgan fingerprint density at radius 2 is 1.50 bits per heavy atom. The third-order valence-electron chi connectivity index (χ3n) is 6.58. The summed E-state index contributed by atoms with van der Waals surface area (Å²) in [7, 11) is -4.04. The predicted octanol–water partition coefficient (Wildman–Crippen LogP) is 9.21. The number of hydrogen-bond acceptors (Lipinski definition) is 7. The fourth-order valence-corrected chi connectivity index (χ4v) is 6.86. The largest absolute Gasteiger partial charge is 0.493 e. The first-order valence-electron chi connectivity index (χ1n) is 14.9. The highest BCUT2D eigenvalue weighted by Gasteiger charge is 2.43. The van der Waals surface area contributed by atoms with Gasteiger partial charge in [-0.3, -0.25) is 13.6 Å². The van der Waals surface area contributed by atoms with Gasteiger partial charge >= 0.3 is 14.0 Å². The van der Waals surface area contributed by atoms with Crippen LogP contribution in [0.15, 0.2) is 41.4 Å².